The van der Waals surface area contributed by atoms with Gasteiger partial charge in [-0.15, -0.1) is 0 Å². The van der Waals surface area contributed by atoms with E-state index in [0.29, 0.717) is 11.6 Å². The summed E-state index contributed by atoms with van der Waals surface area (Å²) in [6.45, 7) is 6.03. The highest BCUT2D eigenvalue weighted by Crippen LogP contribution is 2.33. The Bertz CT molecular complexity index is 815. The zero-order valence-corrected chi connectivity index (χ0v) is 16.3. The molecule has 1 unspecified atom stereocenters. The van der Waals surface area contributed by atoms with Crippen LogP contribution in [0, 0.1) is 0 Å². The number of aromatic nitrogens is 1. The molecule has 152 valence electrons. The van der Waals surface area contributed by atoms with Crippen LogP contribution in [0.1, 0.15) is 24.8 Å². The van der Waals surface area contributed by atoms with Crippen LogP contribution in [0.25, 0.3) is 10.9 Å². The number of halogens is 3. The topological polar surface area (TPSA) is 22.6 Å². The van der Waals surface area contributed by atoms with Crippen LogP contribution in [0.2, 0.25) is 0 Å². The fourth-order valence-electron chi connectivity index (χ4n) is 4.43. The lowest BCUT2D eigenvalue weighted by Crippen LogP contribution is -2.52. The van der Waals surface area contributed by atoms with Gasteiger partial charge in [0.05, 0.1) is 11.1 Å². The molecular weight excluding hydrogens is 365 g/mol. The van der Waals surface area contributed by atoms with Gasteiger partial charge in [0, 0.05) is 56.0 Å². The molecule has 0 radical (unpaired) electrons. The molecule has 3 heterocycles. The maximum absolute atomic E-state index is 13.0. The molecule has 1 aromatic heterocycles. The molecule has 0 spiro atoms. The van der Waals surface area contributed by atoms with Gasteiger partial charge in [0.2, 0.25) is 0 Å². The molecule has 0 N–H and O–H groups in total. The molecule has 0 amide bonds. The molecule has 1 atom stereocenters. The molecule has 7 heteroatoms. The smallest absolute Gasteiger partial charge is 0.368 e. The number of pyridine rings is 1. The number of hydrogen-bond donors (Lipinski definition) is 0. The van der Waals surface area contributed by atoms with Gasteiger partial charge in [-0.1, -0.05) is 12.5 Å². The van der Waals surface area contributed by atoms with Crippen LogP contribution in [-0.4, -0.2) is 67.1 Å². The summed E-state index contributed by atoms with van der Waals surface area (Å²) in [6.07, 6.45) is 1.15. The summed E-state index contributed by atoms with van der Waals surface area (Å²) >= 11 is 0. The minimum absolute atomic E-state index is 0.401. The Labute approximate surface area is 163 Å². The van der Waals surface area contributed by atoms with E-state index in [1.807, 2.05) is 6.07 Å². The van der Waals surface area contributed by atoms with Crippen LogP contribution in [0.4, 0.5) is 18.9 Å². The van der Waals surface area contributed by atoms with E-state index >= 15 is 0 Å². The van der Waals surface area contributed by atoms with Crippen LogP contribution < -0.4 is 4.90 Å². The van der Waals surface area contributed by atoms with Gasteiger partial charge in [0.25, 0.3) is 0 Å². The first-order valence-corrected chi connectivity index (χ1v) is 10.1. The lowest BCUT2D eigenvalue weighted by Gasteiger charge is -2.41. The molecule has 2 fully saturated rings. The Balaban J connectivity index is 1.45. The molecule has 1 aromatic carbocycles. The lowest BCUT2D eigenvalue weighted by atomic mass is 10.0. The van der Waals surface area contributed by atoms with E-state index in [-0.39, 0.29) is 0 Å². The highest BCUT2D eigenvalue weighted by molar-refractivity contribution is 5.92. The number of benzene rings is 1. The summed E-state index contributed by atoms with van der Waals surface area (Å²) in [4.78, 5) is 11.4. The summed E-state index contributed by atoms with van der Waals surface area (Å²) in [5.74, 6) is 0. The van der Waals surface area contributed by atoms with Crippen LogP contribution in [-0.2, 0) is 6.18 Å². The number of nitrogens with zero attached hydrogens (tertiary/aromatic N) is 4. The van der Waals surface area contributed by atoms with Gasteiger partial charge >= 0.3 is 6.18 Å². The number of anilines is 1. The van der Waals surface area contributed by atoms with Gasteiger partial charge in [0.15, 0.2) is 0 Å². The molecule has 2 aromatic rings. The van der Waals surface area contributed by atoms with Crippen LogP contribution in [0.15, 0.2) is 30.5 Å². The third-order valence-electron chi connectivity index (χ3n) is 6.15. The maximum Gasteiger partial charge on any atom is 0.416 e. The predicted molar refractivity (Wildman–Crippen MR) is 106 cm³/mol. The monoisotopic (exact) mass is 392 g/mol. The van der Waals surface area contributed by atoms with Crippen LogP contribution >= 0.6 is 0 Å². The van der Waals surface area contributed by atoms with Gasteiger partial charge in [-0.3, -0.25) is 9.88 Å². The molecule has 0 saturated carbocycles. The normalized spacial score (nSPS) is 22.7. The summed E-state index contributed by atoms with van der Waals surface area (Å²) < 4.78 is 39.0. The largest absolute Gasteiger partial charge is 0.416 e. The zero-order chi connectivity index (χ0) is 19.7. The Morgan fingerprint density at radius 3 is 2.54 bits per heavy atom. The van der Waals surface area contributed by atoms with Crippen molar-refractivity contribution in [3.05, 3.63) is 36.0 Å². The second kappa shape index (κ2) is 7.87. The van der Waals surface area contributed by atoms with Gasteiger partial charge in [0.1, 0.15) is 0 Å². The van der Waals surface area contributed by atoms with E-state index in [1.54, 1.807) is 12.3 Å². The first-order chi connectivity index (χ1) is 13.4. The summed E-state index contributed by atoms with van der Waals surface area (Å²) in [6, 6.07) is 6.42. The van der Waals surface area contributed by atoms with Gasteiger partial charge in [-0.25, -0.2) is 0 Å². The minimum atomic E-state index is -4.34. The average Bonchev–Trinajstić information content (AvgIpc) is 2.69. The first-order valence-electron chi connectivity index (χ1n) is 10.1. The SMILES string of the molecule is CN1CCCCC1CN1CCN(c2ccnc3cc(C(F)(F)F)ccc23)CC1. The highest BCUT2D eigenvalue weighted by atomic mass is 19.4. The number of likely N-dealkylation sites (tertiary alicyclic amines) is 1. The Hall–Kier alpha value is -1.86. The quantitative estimate of drug-likeness (QED) is 0.791. The molecule has 2 aliphatic heterocycles. The molecule has 4 nitrogen and oxygen atoms in total. The molecule has 2 aliphatic rings. The number of rotatable bonds is 3. The van der Waals surface area contributed by atoms with Gasteiger partial charge in [-0.2, -0.15) is 13.2 Å². The second-order valence-electron chi connectivity index (χ2n) is 7.98. The first kappa shape index (κ1) is 19.5. The minimum Gasteiger partial charge on any atom is -0.368 e. The molecule has 28 heavy (non-hydrogen) atoms. The van der Waals surface area contributed by atoms with Crippen molar-refractivity contribution in [1.29, 1.82) is 0 Å². The summed E-state index contributed by atoms with van der Waals surface area (Å²) in [5.41, 5.74) is 0.734. The zero-order valence-electron chi connectivity index (χ0n) is 16.3. The van der Waals surface area contributed by atoms with E-state index in [4.69, 9.17) is 0 Å². The Morgan fingerprint density at radius 1 is 1.04 bits per heavy atom. The van der Waals surface area contributed by atoms with E-state index in [9.17, 15) is 13.2 Å². The predicted octanol–water partition coefficient (Wildman–Crippen LogP) is 3.86. The number of fused-ring (bicyclic) bond motifs is 1. The van der Waals surface area contributed by atoms with Crippen molar-refractivity contribution < 1.29 is 13.2 Å². The molecule has 2 saturated heterocycles. The fraction of sp³-hybridized carbons (Fsp3) is 0.571. The van der Waals surface area contributed by atoms with E-state index in [2.05, 4.69) is 26.7 Å². The third-order valence-corrected chi connectivity index (χ3v) is 6.15. The maximum atomic E-state index is 13.0. The Morgan fingerprint density at radius 2 is 1.82 bits per heavy atom. The van der Waals surface area contributed by atoms with Gasteiger partial charge < -0.3 is 9.80 Å². The summed E-state index contributed by atoms with van der Waals surface area (Å²) in [5, 5.41) is 0.788. The second-order valence-corrected chi connectivity index (χ2v) is 7.98. The number of piperazine rings is 1. The van der Waals surface area contributed by atoms with E-state index < -0.39 is 11.7 Å². The number of piperidine rings is 1. The fourth-order valence-corrected chi connectivity index (χ4v) is 4.43. The van der Waals surface area contributed by atoms with Crippen molar-refractivity contribution in [3.63, 3.8) is 0 Å². The molecule has 4 rings (SSSR count). The third kappa shape index (κ3) is 4.10. The highest BCUT2D eigenvalue weighted by Gasteiger charge is 2.31. The van der Waals surface area contributed by atoms with E-state index in [1.165, 1.54) is 25.8 Å². The molecule has 0 aliphatic carbocycles. The molecule has 0 bridgehead atoms. The Kier molecular flexibility index (Phi) is 5.47. The number of alkyl halides is 3. The van der Waals surface area contributed by atoms with Crippen molar-refractivity contribution in [2.24, 2.45) is 0 Å². The lowest BCUT2D eigenvalue weighted by molar-refractivity contribution is -0.137. The van der Waals surface area contributed by atoms with Crippen molar-refractivity contribution in [1.82, 2.24) is 14.8 Å². The van der Waals surface area contributed by atoms with Crippen LogP contribution in [0.3, 0.4) is 0 Å². The number of hydrogen-bond acceptors (Lipinski definition) is 4. The van der Waals surface area contributed by atoms with Crippen LogP contribution in [0.5, 0.6) is 0 Å². The van der Waals surface area contributed by atoms with Crippen molar-refractivity contribution in [2.75, 3.05) is 51.2 Å². The van der Waals surface area contributed by atoms with E-state index in [0.717, 1.165) is 55.9 Å². The van der Waals surface area contributed by atoms with Crippen molar-refractivity contribution in [3.8, 4) is 0 Å². The van der Waals surface area contributed by atoms with Gasteiger partial charge in [-0.05, 0) is 44.6 Å². The molecular formula is C21H27F3N4. The standard InChI is InChI=1S/C21H27F3N4/c1-26-9-3-2-4-17(26)15-27-10-12-28(13-11-27)20-7-8-25-19-14-16(21(22,23)24)5-6-18(19)20/h5-8,14,17H,2-4,9-13,15H2,1H3. The number of likely N-dealkylation sites (N-methyl/N-ethyl adjacent to an activating group) is 1. The van der Waals surface area contributed by atoms with Crippen molar-refractivity contribution >= 4 is 16.6 Å². The average molecular weight is 392 g/mol. The van der Waals surface area contributed by atoms with Crippen molar-refractivity contribution in [2.45, 2.75) is 31.5 Å². The summed E-state index contributed by atoms with van der Waals surface area (Å²) in [7, 11) is 2.22.